The number of halogens is 3. The molecule has 0 radical (unpaired) electrons. The van der Waals surface area contributed by atoms with Gasteiger partial charge in [0.15, 0.2) is 0 Å². The maximum Gasteiger partial charge on any atom is 0.247 e. The Labute approximate surface area is 419 Å². The van der Waals surface area contributed by atoms with Crippen molar-refractivity contribution in [1.82, 2.24) is 39.5 Å². The number of hydrogen-bond donors (Lipinski definition) is 1. The topological polar surface area (TPSA) is 142 Å². The standard InChI is InChI=1S/C53H61Cl2FN8O6/c1-34-10-8-11-41(58-34)24-38-25-49(65)64(30-43-44(56)26-40(55)27-47(43)70-42-18-14-37(15-19-42)46-29-57-48(60(46)3)31-62-21-6-7-22-62)35(2)50(66)59-45(32-69-5)52(68)61(4)53(20-9-23-63(33-53)51(38)67)28-36-12-16-39(54)17-13-36/h8,10-19,26-27,29,35,38,45H,6-7,9,20-25,28,30-33H2,1-5H3,(H,59,66)/t35-,38+,45-,53+/m0/s1. The second kappa shape index (κ2) is 22.0. The number of amides is 4. The summed E-state index contributed by atoms with van der Waals surface area (Å²) in [5, 5.41) is 3.50. The van der Waals surface area contributed by atoms with E-state index >= 15 is 14.0 Å². The molecule has 8 rings (SSSR count). The fourth-order valence-corrected chi connectivity index (χ4v) is 10.4. The third-order valence-corrected chi connectivity index (χ3v) is 14.6. The molecule has 0 saturated carbocycles. The minimum absolute atomic E-state index is 0.0296. The second-order valence-electron chi connectivity index (χ2n) is 19.0. The molecule has 3 saturated heterocycles. The lowest BCUT2D eigenvalue weighted by atomic mass is 9.80. The number of aromatic nitrogens is 3. The first-order valence-electron chi connectivity index (χ1n) is 23.9. The lowest BCUT2D eigenvalue weighted by Gasteiger charge is -2.50. The highest BCUT2D eigenvalue weighted by Crippen LogP contribution is 2.36. The first-order chi connectivity index (χ1) is 33.6. The van der Waals surface area contributed by atoms with Gasteiger partial charge in [0.2, 0.25) is 23.6 Å². The number of piperidine rings is 1. The van der Waals surface area contributed by atoms with Gasteiger partial charge in [-0.25, -0.2) is 9.37 Å². The van der Waals surface area contributed by atoms with Crippen molar-refractivity contribution in [2.75, 3.05) is 46.9 Å². The maximum atomic E-state index is 16.5. The van der Waals surface area contributed by atoms with E-state index in [0.29, 0.717) is 42.3 Å². The van der Waals surface area contributed by atoms with Crippen LogP contribution in [0.4, 0.5) is 4.39 Å². The number of pyridine rings is 1. The lowest BCUT2D eigenvalue weighted by Crippen LogP contribution is -2.65. The molecule has 1 N–H and O–H groups in total. The van der Waals surface area contributed by atoms with E-state index in [1.54, 1.807) is 41.1 Å². The molecule has 4 atom stereocenters. The van der Waals surface area contributed by atoms with Gasteiger partial charge < -0.3 is 34.1 Å². The molecule has 0 aliphatic carbocycles. The zero-order chi connectivity index (χ0) is 49.7. The monoisotopic (exact) mass is 994 g/mol. The van der Waals surface area contributed by atoms with Crippen LogP contribution in [-0.4, -0.2) is 122 Å². The highest BCUT2D eigenvalue weighted by atomic mass is 35.5. The summed E-state index contributed by atoms with van der Waals surface area (Å²) in [7, 11) is 5.13. The van der Waals surface area contributed by atoms with E-state index < -0.39 is 53.6 Å². The molecular formula is C53H61Cl2FN8O6. The fourth-order valence-electron chi connectivity index (χ4n) is 10.1. The van der Waals surface area contributed by atoms with Crippen LogP contribution in [0.2, 0.25) is 10.0 Å². The van der Waals surface area contributed by atoms with Crippen molar-refractivity contribution in [3.05, 3.63) is 129 Å². The van der Waals surface area contributed by atoms with E-state index in [9.17, 15) is 9.59 Å². The number of nitrogens with zero attached hydrogens (tertiary/aromatic N) is 7. The van der Waals surface area contributed by atoms with Crippen molar-refractivity contribution in [3.63, 3.8) is 0 Å². The van der Waals surface area contributed by atoms with Gasteiger partial charge >= 0.3 is 0 Å². The molecule has 370 valence electrons. The number of carbonyl (C=O) groups excluding carboxylic acids is 4. The molecule has 3 aromatic carbocycles. The third kappa shape index (κ3) is 11.5. The number of hydrogen-bond acceptors (Lipinski definition) is 9. The molecule has 17 heteroatoms. The number of likely N-dealkylation sites (tertiary alicyclic amines) is 1. The van der Waals surface area contributed by atoms with Gasteiger partial charge in [-0.2, -0.15) is 0 Å². The van der Waals surface area contributed by atoms with Crippen LogP contribution in [0.1, 0.15) is 67.4 Å². The molecule has 70 heavy (non-hydrogen) atoms. The van der Waals surface area contributed by atoms with Crippen molar-refractivity contribution in [2.24, 2.45) is 13.0 Å². The highest BCUT2D eigenvalue weighted by Gasteiger charge is 2.46. The second-order valence-corrected chi connectivity index (χ2v) is 19.8. The first-order valence-corrected chi connectivity index (χ1v) is 24.7. The van der Waals surface area contributed by atoms with Crippen LogP contribution in [0.15, 0.2) is 85.1 Å². The Hall–Kier alpha value is -5.87. The van der Waals surface area contributed by atoms with Crippen LogP contribution >= 0.6 is 23.2 Å². The van der Waals surface area contributed by atoms with Crippen LogP contribution < -0.4 is 10.1 Å². The number of ether oxygens (including phenoxy) is 2. The van der Waals surface area contributed by atoms with E-state index in [1.165, 1.54) is 37.8 Å². The predicted octanol–water partition coefficient (Wildman–Crippen LogP) is 7.80. The quantitative estimate of drug-likeness (QED) is 0.125. The Balaban J connectivity index is 1.13. The van der Waals surface area contributed by atoms with Crippen LogP contribution in [0, 0.1) is 18.7 Å². The lowest BCUT2D eigenvalue weighted by molar-refractivity contribution is -0.153. The van der Waals surface area contributed by atoms with Crippen molar-refractivity contribution in [2.45, 2.75) is 89.5 Å². The van der Waals surface area contributed by atoms with Gasteiger partial charge in [0.1, 0.15) is 35.2 Å². The number of nitrogens with one attached hydrogen (secondary N) is 1. The van der Waals surface area contributed by atoms with E-state index in [2.05, 4.69) is 14.8 Å². The van der Waals surface area contributed by atoms with Crippen LogP contribution in [0.5, 0.6) is 11.5 Å². The zero-order valence-electron chi connectivity index (χ0n) is 40.4. The van der Waals surface area contributed by atoms with E-state index in [-0.39, 0.29) is 48.2 Å². The van der Waals surface area contributed by atoms with Gasteiger partial charge in [0.05, 0.1) is 43.0 Å². The average molecular weight is 996 g/mol. The smallest absolute Gasteiger partial charge is 0.247 e. The average Bonchev–Trinajstić information content (AvgIpc) is 4.00. The van der Waals surface area contributed by atoms with E-state index in [4.69, 9.17) is 42.6 Å². The van der Waals surface area contributed by atoms with Gasteiger partial charge in [0.25, 0.3) is 0 Å². The molecule has 5 aromatic rings. The summed E-state index contributed by atoms with van der Waals surface area (Å²) < 4.78 is 30.4. The molecule has 14 nitrogen and oxygen atoms in total. The third-order valence-electron chi connectivity index (χ3n) is 14.1. The maximum absolute atomic E-state index is 16.5. The molecule has 2 aromatic heterocycles. The summed E-state index contributed by atoms with van der Waals surface area (Å²) >= 11 is 12.7. The van der Waals surface area contributed by atoms with E-state index in [0.717, 1.165) is 54.0 Å². The van der Waals surface area contributed by atoms with Crippen LogP contribution in [0.25, 0.3) is 11.3 Å². The minimum Gasteiger partial charge on any atom is -0.457 e. The van der Waals surface area contributed by atoms with Gasteiger partial charge in [-0.15, -0.1) is 0 Å². The Morgan fingerprint density at radius 2 is 1.63 bits per heavy atom. The Morgan fingerprint density at radius 3 is 2.34 bits per heavy atom. The minimum atomic E-state index is -1.28. The summed E-state index contributed by atoms with van der Waals surface area (Å²) in [6.45, 7) is 6.20. The number of likely N-dealkylation sites (N-methyl/N-ethyl adjacent to an activating group) is 1. The predicted molar refractivity (Wildman–Crippen MR) is 266 cm³/mol. The molecule has 3 aliphatic rings. The number of aryl methyl sites for hydroxylation is 1. The molecular weight excluding hydrogens is 935 g/mol. The summed E-state index contributed by atoms with van der Waals surface area (Å²) in [6, 6.07) is 20.4. The number of fused-ring (bicyclic) bond motifs is 2. The van der Waals surface area contributed by atoms with Crippen LogP contribution in [0.3, 0.4) is 0 Å². The molecule has 3 fully saturated rings. The number of benzene rings is 3. The van der Waals surface area contributed by atoms with Gasteiger partial charge in [0, 0.05) is 79.7 Å². The number of imidazole rings is 1. The van der Waals surface area contributed by atoms with Crippen molar-refractivity contribution < 1.29 is 33.0 Å². The highest BCUT2D eigenvalue weighted by molar-refractivity contribution is 6.31. The summed E-state index contributed by atoms with van der Waals surface area (Å²) in [5.74, 6) is -2.33. The Morgan fingerprint density at radius 1 is 0.886 bits per heavy atom. The molecule has 0 unspecified atom stereocenters. The Kier molecular flexibility index (Phi) is 15.9. The van der Waals surface area contributed by atoms with Crippen molar-refractivity contribution in [1.29, 1.82) is 0 Å². The van der Waals surface area contributed by atoms with Crippen molar-refractivity contribution >= 4 is 46.8 Å². The number of methoxy groups -OCH3 is 1. The largest absolute Gasteiger partial charge is 0.457 e. The zero-order valence-corrected chi connectivity index (χ0v) is 41.9. The van der Waals surface area contributed by atoms with E-state index in [1.807, 2.05) is 62.6 Å². The Bertz CT molecular complexity index is 2700. The molecule has 4 amide bonds. The van der Waals surface area contributed by atoms with Gasteiger partial charge in [-0.1, -0.05) is 41.4 Å². The van der Waals surface area contributed by atoms with Crippen LogP contribution in [-0.2, 0) is 56.9 Å². The molecule has 3 aliphatic heterocycles. The van der Waals surface area contributed by atoms with Crippen molar-refractivity contribution in [3.8, 4) is 22.8 Å². The first kappa shape index (κ1) is 50.5. The molecule has 5 heterocycles. The molecule has 0 spiro atoms. The number of carbonyl (C=O) groups is 4. The van der Waals surface area contributed by atoms with Gasteiger partial charge in [-0.3, -0.25) is 29.1 Å². The normalized spacial score (nSPS) is 21.8. The SMILES string of the molecule is COC[C@@H]1NC(=O)[C@H](C)N(Cc2c(F)cc(Cl)cc2Oc2ccc(-c3cnc(CN4CCCC4)n3C)cc2)C(=O)C[C@@H](Cc2cccc(C)n2)C(=O)N2CCC[C@@](Cc3ccc(Cl)cc3)(C2)N(C)C1=O. The summed E-state index contributed by atoms with van der Waals surface area (Å²) in [5.41, 5.74) is 3.16. The summed E-state index contributed by atoms with van der Waals surface area (Å²) in [6.07, 6.45) is 5.54. The van der Waals surface area contributed by atoms with Gasteiger partial charge in [-0.05, 0) is 125 Å². The summed E-state index contributed by atoms with van der Waals surface area (Å²) in [4.78, 5) is 75.9. The fraction of sp³-hybridized carbons (Fsp3) is 0.434. The number of rotatable bonds is 13. The molecule has 2 bridgehead atoms.